The molecule has 0 unspecified atom stereocenters. The number of amides is 2. The second-order valence-electron chi connectivity index (χ2n) is 9.37. The summed E-state index contributed by atoms with van der Waals surface area (Å²) in [4.78, 5) is 30.9. The number of carbonyl (C=O) groups excluding carboxylic acids is 2. The summed E-state index contributed by atoms with van der Waals surface area (Å²) >= 11 is 7.03. The highest BCUT2D eigenvalue weighted by Gasteiger charge is 2.34. The Kier molecular flexibility index (Phi) is 7.05. The zero-order valence-corrected chi connectivity index (χ0v) is 21.2. The molecule has 5 N–H and O–H groups in total. The molecular formula is C24H30N6O3S2. The molecule has 0 aliphatic heterocycles. The molecule has 2 saturated carbocycles. The van der Waals surface area contributed by atoms with Crippen molar-refractivity contribution in [3.8, 4) is 5.88 Å². The number of pyridine rings is 1. The molecule has 0 spiro atoms. The molecule has 11 heteroatoms. The van der Waals surface area contributed by atoms with E-state index in [1.807, 2.05) is 0 Å². The van der Waals surface area contributed by atoms with Gasteiger partial charge in [0.15, 0.2) is 5.11 Å². The van der Waals surface area contributed by atoms with Gasteiger partial charge in [-0.1, -0.05) is 0 Å². The number of methoxy groups -OCH3 is 1. The molecule has 35 heavy (non-hydrogen) atoms. The summed E-state index contributed by atoms with van der Waals surface area (Å²) in [5, 5.41) is 10.7. The summed E-state index contributed by atoms with van der Waals surface area (Å²) in [5.74, 6) is 1.12. The SMILES string of the molecule is COc1cc(NNC(=S)N[C@H]2CCc3sc(NC(=O)C4CC4)c(C(=O)NCC4CC4)c3C2)ccn1. The Balaban J connectivity index is 1.24. The first-order valence-electron chi connectivity index (χ1n) is 12.1. The van der Waals surface area contributed by atoms with Crippen molar-refractivity contribution in [2.45, 2.75) is 51.0 Å². The number of aryl methyl sites for hydroxylation is 1. The van der Waals surface area contributed by atoms with E-state index < -0.39 is 0 Å². The number of carbonyl (C=O) groups is 2. The summed E-state index contributed by atoms with van der Waals surface area (Å²) in [5.41, 5.74) is 8.48. The van der Waals surface area contributed by atoms with Crippen molar-refractivity contribution < 1.29 is 14.3 Å². The number of aromatic nitrogens is 1. The van der Waals surface area contributed by atoms with Gasteiger partial charge < -0.3 is 20.7 Å². The number of ether oxygens (including phenoxy) is 1. The van der Waals surface area contributed by atoms with Gasteiger partial charge in [0, 0.05) is 35.6 Å². The maximum Gasteiger partial charge on any atom is 0.254 e. The van der Waals surface area contributed by atoms with Crippen LogP contribution in [0.3, 0.4) is 0 Å². The summed E-state index contributed by atoms with van der Waals surface area (Å²) in [7, 11) is 1.57. The topological polar surface area (TPSA) is 116 Å². The van der Waals surface area contributed by atoms with E-state index in [1.54, 1.807) is 36.8 Å². The normalized spacial score (nSPS) is 18.7. The van der Waals surface area contributed by atoms with Gasteiger partial charge in [-0.25, -0.2) is 4.98 Å². The number of fused-ring (bicyclic) bond motifs is 1. The molecule has 5 rings (SSSR count). The fourth-order valence-electron chi connectivity index (χ4n) is 4.19. The molecule has 2 amide bonds. The zero-order valence-electron chi connectivity index (χ0n) is 19.6. The van der Waals surface area contributed by atoms with E-state index in [2.05, 4.69) is 31.8 Å². The van der Waals surface area contributed by atoms with Crippen LogP contribution < -0.4 is 31.5 Å². The molecule has 186 valence electrons. The highest BCUT2D eigenvalue weighted by Crippen LogP contribution is 2.40. The molecule has 2 aromatic rings. The summed E-state index contributed by atoms with van der Waals surface area (Å²) < 4.78 is 5.14. The molecule has 9 nitrogen and oxygen atoms in total. The molecule has 0 saturated heterocycles. The van der Waals surface area contributed by atoms with Crippen molar-refractivity contribution in [1.29, 1.82) is 0 Å². The number of hydrogen-bond donors (Lipinski definition) is 5. The van der Waals surface area contributed by atoms with Crippen LogP contribution in [0.1, 0.15) is 52.9 Å². The van der Waals surface area contributed by atoms with Crippen molar-refractivity contribution in [3.05, 3.63) is 34.3 Å². The fraction of sp³-hybridized carbons (Fsp3) is 0.500. The van der Waals surface area contributed by atoms with Gasteiger partial charge in [-0.05, 0) is 74.7 Å². The standard InChI is InChI=1S/C24H30N6O3S2/c1-33-19-11-16(8-9-25-19)29-30-24(34)27-15-6-7-18-17(10-15)20(22(32)26-12-13-2-3-13)23(35-18)28-21(31)14-4-5-14/h8-9,11,13-15H,2-7,10,12H2,1H3,(H,25,29)(H,26,32)(H,28,31)(H2,27,30,34)/t15-/m0/s1. The fourth-order valence-corrected chi connectivity index (χ4v) is 5.65. The van der Waals surface area contributed by atoms with Crippen LogP contribution in [0.5, 0.6) is 5.88 Å². The van der Waals surface area contributed by atoms with E-state index in [0.717, 1.165) is 36.9 Å². The Hall–Kier alpha value is -2.92. The Morgan fingerprint density at radius 2 is 2.06 bits per heavy atom. The number of nitrogens with zero attached hydrogens (tertiary/aromatic N) is 1. The number of nitrogens with one attached hydrogen (secondary N) is 5. The Morgan fingerprint density at radius 3 is 2.80 bits per heavy atom. The van der Waals surface area contributed by atoms with Gasteiger partial charge in [0.1, 0.15) is 5.00 Å². The van der Waals surface area contributed by atoms with Gasteiger partial charge in [0.2, 0.25) is 11.8 Å². The number of rotatable bonds is 9. The number of hydrazine groups is 1. The van der Waals surface area contributed by atoms with E-state index in [-0.39, 0.29) is 23.8 Å². The number of thiophene rings is 1. The maximum atomic E-state index is 13.2. The van der Waals surface area contributed by atoms with E-state index in [0.29, 0.717) is 40.4 Å². The smallest absolute Gasteiger partial charge is 0.254 e. The van der Waals surface area contributed by atoms with Gasteiger partial charge >= 0.3 is 0 Å². The number of thiocarbonyl (C=S) groups is 1. The third kappa shape index (κ3) is 6.02. The van der Waals surface area contributed by atoms with Crippen LogP contribution in [0.25, 0.3) is 0 Å². The Bertz CT molecular complexity index is 1130. The van der Waals surface area contributed by atoms with Crippen LogP contribution in [0.4, 0.5) is 10.7 Å². The molecule has 2 heterocycles. The summed E-state index contributed by atoms with van der Waals surface area (Å²) in [6.45, 7) is 0.695. The average molecular weight is 515 g/mol. The Labute approximate surface area is 213 Å². The highest BCUT2D eigenvalue weighted by atomic mass is 32.1. The molecular weight excluding hydrogens is 484 g/mol. The highest BCUT2D eigenvalue weighted by molar-refractivity contribution is 7.80. The van der Waals surface area contributed by atoms with Crippen LogP contribution >= 0.6 is 23.6 Å². The first kappa shape index (κ1) is 23.8. The van der Waals surface area contributed by atoms with Gasteiger partial charge in [-0.15, -0.1) is 11.3 Å². The molecule has 3 aliphatic rings. The third-order valence-corrected chi connectivity index (χ3v) is 7.95. The predicted octanol–water partition coefficient (Wildman–Crippen LogP) is 2.99. The van der Waals surface area contributed by atoms with E-state index in [4.69, 9.17) is 17.0 Å². The minimum absolute atomic E-state index is 0.0266. The van der Waals surface area contributed by atoms with Crippen LogP contribution in [0.2, 0.25) is 0 Å². The first-order valence-corrected chi connectivity index (χ1v) is 13.3. The summed E-state index contributed by atoms with van der Waals surface area (Å²) in [6, 6.07) is 3.64. The van der Waals surface area contributed by atoms with Crippen LogP contribution in [-0.2, 0) is 17.6 Å². The second kappa shape index (κ2) is 10.4. The molecule has 1 atom stereocenters. The first-order chi connectivity index (χ1) is 17.0. The van der Waals surface area contributed by atoms with Gasteiger partial charge in [0.25, 0.3) is 5.91 Å². The molecule has 2 aromatic heterocycles. The van der Waals surface area contributed by atoms with Crippen molar-refractivity contribution in [2.24, 2.45) is 11.8 Å². The maximum absolute atomic E-state index is 13.2. The predicted molar refractivity (Wildman–Crippen MR) is 140 cm³/mol. The molecule has 0 aromatic carbocycles. The number of hydrogen-bond acceptors (Lipinski definition) is 7. The van der Waals surface area contributed by atoms with Crippen molar-refractivity contribution in [3.63, 3.8) is 0 Å². The van der Waals surface area contributed by atoms with Crippen LogP contribution in [-0.4, -0.2) is 41.6 Å². The Morgan fingerprint density at radius 1 is 1.23 bits per heavy atom. The molecule has 3 aliphatic carbocycles. The monoisotopic (exact) mass is 514 g/mol. The quantitative estimate of drug-likeness (QED) is 0.256. The van der Waals surface area contributed by atoms with Crippen LogP contribution in [0, 0.1) is 11.8 Å². The van der Waals surface area contributed by atoms with E-state index >= 15 is 0 Å². The lowest BCUT2D eigenvalue weighted by Gasteiger charge is -2.25. The lowest BCUT2D eigenvalue weighted by molar-refractivity contribution is -0.117. The van der Waals surface area contributed by atoms with Gasteiger partial charge in [0.05, 0.1) is 18.4 Å². The van der Waals surface area contributed by atoms with Gasteiger partial charge in [-0.2, -0.15) is 0 Å². The van der Waals surface area contributed by atoms with E-state index in [9.17, 15) is 9.59 Å². The lowest BCUT2D eigenvalue weighted by atomic mass is 9.91. The summed E-state index contributed by atoms with van der Waals surface area (Å²) in [6.07, 6.45) is 8.23. The van der Waals surface area contributed by atoms with Crippen molar-refractivity contribution in [2.75, 3.05) is 24.4 Å². The average Bonchev–Trinajstić information content (AvgIpc) is 3.78. The second-order valence-corrected chi connectivity index (χ2v) is 10.9. The number of anilines is 2. The zero-order chi connectivity index (χ0) is 24.4. The molecule has 0 bridgehead atoms. The van der Waals surface area contributed by atoms with Crippen molar-refractivity contribution >= 4 is 51.2 Å². The molecule has 2 fully saturated rings. The van der Waals surface area contributed by atoms with Crippen molar-refractivity contribution in [1.82, 2.24) is 21.0 Å². The largest absolute Gasteiger partial charge is 0.481 e. The lowest BCUT2D eigenvalue weighted by Crippen LogP contribution is -2.46. The van der Waals surface area contributed by atoms with Gasteiger partial charge in [-0.3, -0.25) is 20.4 Å². The van der Waals surface area contributed by atoms with Crippen LogP contribution in [0.15, 0.2) is 18.3 Å². The molecule has 0 radical (unpaired) electrons. The minimum Gasteiger partial charge on any atom is -0.481 e. The minimum atomic E-state index is -0.0878. The van der Waals surface area contributed by atoms with E-state index in [1.165, 1.54) is 17.7 Å². The third-order valence-electron chi connectivity index (χ3n) is 6.52.